The van der Waals surface area contributed by atoms with E-state index in [9.17, 15) is 14.4 Å². The van der Waals surface area contributed by atoms with Crippen molar-refractivity contribution in [1.82, 2.24) is 0 Å². The molecule has 2 N–H and O–H groups in total. The Morgan fingerprint density at radius 3 is 2.48 bits per heavy atom. The van der Waals surface area contributed by atoms with E-state index in [4.69, 9.17) is 14.6 Å². The van der Waals surface area contributed by atoms with Gasteiger partial charge in [0.15, 0.2) is 0 Å². The van der Waals surface area contributed by atoms with Crippen LogP contribution in [0.1, 0.15) is 43.0 Å². The van der Waals surface area contributed by atoms with E-state index in [2.05, 4.69) is 5.32 Å². The second-order valence-corrected chi connectivity index (χ2v) is 5.78. The number of benzene rings is 1. The smallest absolute Gasteiger partial charge is 0.411 e. The standard InChI is InChI=1S/C18H21NO6/c1-12(20)24-15-4-2-6-16(7-3-5-15)25-18(23)19-14-10-8-13(9-11-14)17(21)22/h2,4,8-11,15-16H,3,5-7H2,1H3,(H,19,23)(H,21,22)/b4-2+. The number of carbonyl (C=O) groups excluding carboxylic acids is 2. The van der Waals surface area contributed by atoms with Gasteiger partial charge in [0.05, 0.1) is 5.56 Å². The van der Waals surface area contributed by atoms with Gasteiger partial charge in [-0.15, -0.1) is 0 Å². The molecular weight excluding hydrogens is 326 g/mol. The first-order chi connectivity index (χ1) is 11.9. The van der Waals surface area contributed by atoms with Crippen LogP contribution in [-0.2, 0) is 14.3 Å². The Morgan fingerprint density at radius 1 is 1.12 bits per heavy atom. The summed E-state index contributed by atoms with van der Waals surface area (Å²) in [7, 11) is 0. The van der Waals surface area contributed by atoms with Gasteiger partial charge in [-0.25, -0.2) is 9.59 Å². The molecule has 7 nitrogen and oxygen atoms in total. The Hall–Kier alpha value is -2.83. The summed E-state index contributed by atoms with van der Waals surface area (Å²) in [5.41, 5.74) is 0.609. The fourth-order valence-corrected chi connectivity index (χ4v) is 2.56. The van der Waals surface area contributed by atoms with E-state index in [1.165, 1.54) is 31.2 Å². The maximum Gasteiger partial charge on any atom is 0.411 e. The number of rotatable bonds is 4. The van der Waals surface area contributed by atoms with Crippen LogP contribution in [0.2, 0.25) is 0 Å². The molecule has 0 aromatic heterocycles. The second-order valence-electron chi connectivity index (χ2n) is 5.78. The van der Waals surface area contributed by atoms with Crippen molar-refractivity contribution in [2.45, 2.75) is 44.8 Å². The zero-order valence-corrected chi connectivity index (χ0v) is 13.9. The Balaban J connectivity index is 1.84. The monoisotopic (exact) mass is 347 g/mol. The Bertz CT molecular complexity index is 652. The molecule has 1 aromatic carbocycles. The van der Waals surface area contributed by atoms with Crippen LogP contribution in [0.5, 0.6) is 0 Å². The fraction of sp³-hybridized carbons (Fsp3) is 0.389. The van der Waals surface area contributed by atoms with Gasteiger partial charge in [-0.1, -0.05) is 6.08 Å². The third-order valence-electron chi connectivity index (χ3n) is 3.73. The van der Waals surface area contributed by atoms with Crippen LogP contribution in [0.3, 0.4) is 0 Å². The normalized spacial score (nSPS) is 21.3. The molecule has 134 valence electrons. The van der Waals surface area contributed by atoms with Gasteiger partial charge in [-0.3, -0.25) is 10.1 Å². The number of carboxylic acids is 1. The van der Waals surface area contributed by atoms with Gasteiger partial charge in [-0.2, -0.15) is 0 Å². The molecule has 2 unspecified atom stereocenters. The maximum absolute atomic E-state index is 12.0. The summed E-state index contributed by atoms with van der Waals surface area (Å²) in [6.45, 7) is 1.38. The lowest BCUT2D eigenvalue weighted by Crippen LogP contribution is -2.24. The van der Waals surface area contributed by atoms with E-state index in [1.807, 2.05) is 12.2 Å². The lowest BCUT2D eigenvalue weighted by Gasteiger charge is -2.21. The van der Waals surface area contributed by atoms with Crippen molar-refractivity contribution in [3.05, 3.63) is 42.0 Å². The number of hydrogen-bond donors (Lipinski definition) is 2. The molecule has 0 radical (unpaired) electrons. The van der Waals surface area contributed by atoms with Crippen molar-refractivity contribution in [2.24, 2.45) is 0 Å². The van der Waals surface area contributed by atoms with Crippen molar-refractivity contribution in [1.29, 1.82) is 0 Å². The zero-order valence-electron chi connectivity index (χ0n) is 13.9. The average Bonchev–Trinajstić information content (AvgIpc) is 2.52. The number of aromatic carboxylic acids is 1. The van der Waals surface area contributed by atoms with Crippen LogP contribution in [0.25, 0.3) is 0 Å². The number of amides is 1. The quantitative estimate of drug-likeness (QED) is 0.639. The zero-order chi connectivity index (χ0) is 18.2. The van der Waals surface area contributed by atoms with Crippen molar-refractivity contribution in [2.75, 3.05) is 5.32 Å². The third-order valence-corrected chi connectivity index (χ3v) is 3.73. The minimum atomic E-state index is -1.03. The van der Waals surface area contributed by atoms with E-state index in [1.54, 1.807) is 0 Å². The molecule has 1 aliphatic rings. The van der Waals surface area contributed by atoms with Crippen LogP contribution in [0.15, 0.2) is 36.4 Å². The van der Waals surface area contributed by atoms with Crippen LogP contribution >= 0.6 is 0 Å². The van der Waals surface area contributed by atoms with Gasteiger partial charge in [0, 0.05) is 19.0 Å². The molecule has 0 bridgehead atoms. The molecule has 1 aromatic rings. The van der Waals surface area contributed by atoms with E-state index in [0.29, 0.717) is 24.9 Å². The van der Waals surface area contributed by atoms with Gasteiger partial charge in [-0.05, 0) is 49.6 Å². The predicted octanol–water partition coefficient (Wildman–Crippen LogP) is 3.36. The number of ether oxygens (including phenoxy) is 2. The van der Waals surface area contributed by atoms with Crippen LogP contribution in [0.4, 0.5) is 10.5 Å². The highest BCUT2D eigenvalue weighted by molar-refractivity contribution is 5.89. The first-order valence-electron chi connectivity index (χ1n) is 8.09. The second kappa shape index (κ2) is 8.86. The molecule has 1 aliphatic carbocycles. The first-order valence-corrected chi connectivity index (χ1v) is 8.09. The minimum Gasteiger partial charge on any atom is -0.478 e. The summed E-state index contributed by atoms with van der Waals surface area (Å²) in [5, 5.41) is 11.4. The number of nitrogens with one attached hydrogen (secondary N) is 1. The van der Waals surface area contributed by atoms with E-state index in [0.717, 1.165) is 6.42 Å². The summed E-state index contributed by atoms with van der Waals surface area (Å²) >= 11 is 0. The average molecular weight is 347 g/mol. The number of carbonyl (C=O) groups is 3. The van der Waals surface area contributed by atoms with Gasteiger partial charge >= 0.3 is 18.0 Å². The van der Waals surface area contributed by atoms with E-state index >= 15 is 0 Å². The number of hydrogen-bond acceptors (Lipinski definition) is 5. The first kappa shape index (κ1) is 18.5. The molecule has 2 atom stereocenters. The summed E-state index contributed by atoms with van der Waals surface area (Å²) in [5.74, 6) is -1.33. The van der Waals surface area contributed by atoms with Crippen LogP contribution in [0, 0.1) is 0 Å². The van der Waals surface area contributed by atoms with Crippen LogP contribution in [-0.4, -0.2) is 35.3 Å². The lowest BCUT2D eigenvalue weighted by atomic mass is 10.0. The molecule has 0 saturated heterocycles. The SMILES string of the molecule is CC(=O)OC1/C=C/CC(OC(=O)Nc2ccc(C(=O)O)cc2)CCC1. The molecule has 0 aliphatic heterocycles. The Labute approximate surface area is 145 Å². The summed E-state index contributed by atoms with van der Waals surface area (Å²) < 4.78 is 10.6. The summed E-state index contributed by atoms with van der Waals surface area (Å²) in [6, 6.07) is 5.83. The molecule has 0 heterocycles. The molecule has 1 amide bonds. The van der Waals surface area contributed by atoms with Gasteiger partial charge < -0.3 is 14.6 Å². The summed E-state index contributed by atoms with van der Waals surface area (Å²) in [4.78, 5) is 33.7. The van der Waals surface area contributed by atoms with Crippen molar-refractivity contribution >= 4 is 23.7 Å². The molecule has 7 heteroatoms. The number of anilines is 1. The van der Waals surface area contributed by atoms with Crippen LogP contribution < -0.4 is 5.32 Å². The van der Waals surface area contributed by atoms with Gasteiger partial charge in [0.1, 0.15) is 12.2 Å². The molecule has 2 rings (SSSR count). The van der Waals surface area contributed by atoms with Crippen molar-refractivity contribution in [3.8, 4) is 0 Å². The van der Waals surface area contributed by atoms with Gasteiger partial charge in [0.2, 0.25) is 0 Å². The molecule has 0 fully saturated rings. The summed E-state index contributed by atoms with van der Waals surface area (Å²) in [6.07, 6.45) is 5.29. The molecule has 25 heavy (non-hydrogen) atoms. The topological polar surface area (TPSA) is 102 Å². The predicted molar refractivity (Wildman–Crippen MR) is 90.5 cm³/mol. The maximum atomic E-state index is 12.0. The molecule has 0 spiro atoms. The highest BCUT2D eigenvalue weighted by Crippen LogP contribution is 2.18. The number of carboxylic acid groups (broad SMARTS) is 1. The van der Waals surface area contributed by atoms with E-state index in [-0.39, 0.29) is 23.7 Å². The molecular formula is C18H21NO6. The van der Waals surface area contributed by atoms with Gasteiger partial charge in [0.25, 0.3) is 0 Å². The Kier molecular flexibility index (Phi) is 6.56. The third kappa shape index (κ3) is 6.29. The fourth-order valence-electron chi connectivity index (χ4n) is 2.56. The lowest BCUT2D eigenvalue weighted by molar-refractivity contribution is -0.144. The highest BCUT2D eigenvalue weighted by atomic mass is 16.6. The Morgan fingerprint density at radius 2 is 1.84 bits per heavy atom. The largest absolute Gasteiger partial charge is 0.478 e. The minimum absolute atomic E-state index is 0.145. The molecule has 0 saturated carbocycles. The van der Waals surface area contributed by atoms with E-state index < -0.39 is 12.1 Å². The van der Waals surface area contributed by atoms with Crippen molar-refractivity contribution in [3.63, 3.8) is 0 Å². The highest BCUT2D eigenvalue weighted by Gasteiger charge is 2.18. The number of esters is 1. The van der Waals surface area contributed by atoms with Crippen molar-refractivity contribution < 1.29 is 29.0 Å².